The second kappa shape index (κ2) is 8.77. The highest BCUT2D eigenvalue weighted by atomic mass is 16.5. The Labute approximate surface area is 168 Å². The molecule has 4 rings (SSSR count). The maximum Gasteiger partial charge on any atom is 0.149 e. The molecule has 0 unspecified atom stereocenters. The van der Waals surface area contributed by atoms with Crippen LogP contribution in [0.2, 0.25) is 0 Å². The highest BCUT2D eigenvalue weighted by Crippen LogP contribution is 2.21. The lowest BCUT2D eigenvalue weighted by Gasteiger charge is -2.08. The van der Waals surface area contributed by atoms with E-state index >= 15 is 0 Å². The molecule has 0 bridgehead atoms. The van der Waals surface area contributed by atoms with Gasteiger partial charge in [0, 0.05) is 0 Å². The van der Waals surface area contributed by atoms with Crippen LogP contribution in [0, 0.1) is 11.3 Å². The Morgan fingerprint density at radius 1 is 0.897 bits per heavy atom. The molecule has 0 aliphatic rings. The predicted octanol–water partition coefficient (Wildman–Crippen LogP) is 5.08. The van der Waals surface area contributed by atoms with Crippen LogP contribution in [0.15, 0.2) is 78.9 Å². The molecule has 5 nitrogen and oxygen atoms in total. The van der Waals surface area contributed by atoms with E-state index in [0.717, 1.165) is 28.1 Å². The van der Waals surface area contributed by atoms with Crippen molar-refractivity contribution in [2.24, 2.45) is 0 Å². The number of aromatic amines is 1. The van der Waals surface area contributed by atoms with Crippen molar-refractivity contribution in [2.45, 2.75) is 0 Å². The monoisotopic (exact) mass is 381 g/mol. The fourth-order valence-corrected chi connectivity index (χ4v) is 2.93. The van der Waals surface area contributed by atoms with Crippen molar-refractivity contribution in [2.75, 3.05) is 13.2 Å². The summed E-state index contributed by atoms with van der Waals surface area (Å²) in [6, 6.07) is 27.2. The lowest BCUT2D eigenvalue weighted by atomic mass is 10.1. The first-order valence-electron chi connectivity index (χ1n) is 9.29. The summed E-state index contributed by atoms with van der Waals surface area (Å²) in [5, 5.41) is 9.59. The number of nitrogens with one attached hydrogen (secondary N) is 1. The maximum atomic E-state index is 9.59. The fraction of sp³-hybridized carbons (Fsp3) is 0.0833. The zero-order valence-corrected chi connectivity index (χ0v) is 15.7. The normalized spacial score (nSPS) is 11.2. The average molecular weight is 381 g/mol. The molecular weight excluding hydrogens is 362 g/mol. The van der Waals surface area contributed by atoms with Crippen LogP contribution in [0.4, 0.5) is 0 Å². The zero-order valence-electron chi connectivity index (χ0n) is 15.7. The van der Waals surface area contributed by atoms with Gasteiger partial charge in [0.05, 0.1) is 16.6 Å². The molecule has 0 spiro atoms. The number of nitriles is 1. The number of aromatic nitrogens is 2. The molecule has 0 saturated heterocycles. The Kier molecular flexibility index (Phi) is 5.54. The summed E-state index contributed by atoms with van der Waals surface area (Å²) in [6.07, 6.45) is 1.80. The van der Waals surface area contributed by atoms with Crippen molar-refractivity contribution in [3.63, 3.8) is 0 Å². The van der Waals surface area contributed by atoms with Gasteiger partial charge in [-0.1, -0.05) is 42.5 Å². The first kappa shape index (κ1) is 18.3. The number of nitrogens with zero attached hydrogens (tertiary/aromatic N) is 2. The minimum Gasteiger partial charge on any atom is -0.490 e. The Balaban J connectivity index is 1.43. The summed E-state index contributed by atoms with van der Waals surface area (Å²) < 4.78 is 11.4. The van der Waals surface area contributed by atoms with E-state index in [9.17, 15) is 5.26 Å². The number of ether oxygens (including phenoxy) is 2. The van der Waals surface area contributed by atoms with Crippen LogP contribution in [-0.4, -0.2) is 23.2 Å². The van der Waals surface area contributed by atoms with Gasteiger partial charge in [-0.2, -0.15) is 5.26 Å². The van der Waals surface area contributed by atoms with E-state index in [1.807, 2.05) is 78.9 Å². The minimum atomic E-state index is 0.427. The molecule has 29 heavy (non-hydrogen) atoms. The third-order valence-electron chi connectivity index (χ3n) is 4.30. The van der Waals surface area contributed by atoms with Crippen LogP contribution < -0.4 is 9.47 Å². The van der Waals surface area contributed by atoms with Crippen LogP contribution >= 0.6 is 0 Å². The SMILES string of the molecule is N#CC(=Cc1cccc(OCCOc2ccccc2)c1)c1nc2ccccc2[nH]1. The molecule has 0 amide bonds. The highest BCUT2D eigenvalue weighted by molar-refractivity contribution is 5.90. The number of allylic oxidation sites excluding steroid dienone is 1. The quantitative estimate of drug-likeness (QED) is 0.358. The van der Waals surface area contributed by atoms with Crippen LogP contribution in [0.25, 0.3) is 22.7 Å². The molecule has 0 saturated carbocycles. The van der Waals surface area contributed by atoms with E-state index in [1.54, 1.807) is 6.08 Å². The first-order valence-corrected chi connectivity index (χ1v) is 9.29. The number of hydrogen-bond donors (Lipinski definition) is 1. The van der Waals surface area contributed by atoms with Crippen LogP contribution in [0.5, 0.6) is 11.5 Å². The standard InChI is InChI=1S/C24H19N3O2/c25-17-19(24-26-22-11-4-5-12-23(22)27-24)15-18-7-6-10-21(16-18)29-14-13-28-20-8-2-1-3-9-20/h1-12,15-16H,13-14H2,(H,26,27). The maximum absolute atomic E-state index is 9.59. The van der Waals surface area contributed by atoms with Gasteiger partial charge >= 0.3 is 0 Å². The summed E-state index contributed by atoms with van der Waals surface area (Å²) in [4.78, 5) is 7.69. The van der Waals surface area contributed by atoms with E-state index in [1.165, 1.54) is 0 Å². The molecule has 0 aliphatic carbocycles. The molecule has 142 valence electrons. The number of para-hydroxylation sites is 3. The number of hydrogen-bond acceptors (Lipinski definition) is 4. The van der Waals surface area contributed by atoms with Crippen molar-refractivity contribution in [1.82, 2.24) is 9.97 Å². The van der Waals surface area contributed by atoms with E-state index in [0.29, 0.717) is 24.6 Å². The topological polar surface area (TPSA) is 70.9 Å². The van der Waals surface area contributed by atoms with Gasteiger partial charge < -0.3 is 14.5 Å². The lowest BCUT2D eigenvalue weighted by Crippen LogP contribution is -2.08. The lowest BCUT2D eigenvalue weighted by molar-refractivity contribution is 0.217. The van der Waals surface area contributed by atoms with Gasteiger partial charge in [-0.15, -0.1) is 0 Å². The molecule has 0 radical (unpaired) electrons. The second-order valence-electron chi connectivity index (χ2n) is 6.35. The van der Waals surface area contributed by atoms with E-state index in [-0.39, 0.29) is 0 Å². The molecule has 0 atom stereocenters. The third kappa shape index (κ3) is 4.63. The largest absolute Gasteiger partial charge is 0.490 e. The molecular formula is C24H19N3O2. The van der Waals surface area contributed by atoms with Gasteiger partial charge in [0.2, 0.25) is 0 Å². The Morgan fingerprint density at radius 3 is 2.41 bits per heavy atom. The van der Waals surface area contributed by atoms with Crippen molar-refractivity contribution in [1.29, 1.82) is 5.26 Å². The van der Waals surface area contributed by atoms with Gasteiger partial charge in [0.15, 0.2) is 0 Å². The van der Waals surface area contributed by atoms with Crippen LogP contribution in [-0.2, 0) is 0 Å². The van der Waals surface area contributed by atoms with E-state index in [4.69, 9.17) is 9.47 Å². The molecule has 0 aliphatic heterocycles. The summed E-state index contributed by atoms with van der Waals surface area (Å²) in [7, 11) is 0. The minimum absolute atomic E-state index is 0.427. The average Bonchev–Trinajstić information content (AvgIpc) is 3.20. The molecule has 3 aromatic carbocycles. The number of benzene rings is 3. The van der Waals surface area contributed by atoms with Crippen LogP contribution in [0.1, 0.15) is 11.4 Å². The third-order valence-corrected chi connectivity index (χ3v) is 4.30. The number of rotatable bonds is 7. The second-order valence-corrected chi connectivity index (χ2v) is 6.35. The zero-order chi connectivity index (χ0) is 19.9. The Morgan fingerprint density at radius 2 is 1.62 bits per heavy atom. The van der Waals surface area contributed by atoms with Crippen LogP contribution in [0.3, 0.4) is 0 Å². The van der Waals surface area contributed by atoms with Gasteiger partial charge in [0.1, 0.15) is 36.6 Å². The van der Waals surface area contributed by atoms with E-state index in [2.05, 4.69) is 16.0 Å². The molecule has 1 N–H and O–H groups in total. The highest BCUT2D eigenvalue weighted by Gasteiger charge is 2.08. The van der Waals surface area contributed by atoms with Crippen molar-refractivity contribution in [3.8, 4) is 17.6 Å². The predicted molar refractivity (Wildman–Crippen MR) is 113 cm³/mol. The van der Waals surface area contributed by atoms with Gasteiger partial charge in [-0.25, -0.2) is 4.98 Å². The Bertz CT molecular complexity index is 1140. The first-order chi connectivity index (χ1) is 14.3. The van der Waals surface area contributed by atoms with Crippen molar-refractivity contribution < 1.29 is 9.47 Å². The van der Waals surface area contributed by atoms with Crippen molar-refractivity contribution >= 4 is 22.7 Å². The molecule has 5 heteroatoms. The van der Waals surface area contributed by atoms with Gasteiger partial charge in [0.25, 0.3) is 0 Å². The number of H-pyrrole nitrogens is 1. The summed E-state index contributed by atoms with van der Waals surface area (Å²) >= 11 is 0. The summed E-state index contributed by atoms with van der Waals surface area (Å²) in [5.74, 6) is 2.09. The van der Waals surface area contributed by atoms with Crippen molar-refractivity contribution in [3.05, 3.63) is 90.3 Å². The molecule has 4 aromatic rings. The molecule has 0 fully saturated rings. The Hall–Kier alpha value is -4.04. The van der Waals surface area contributed by atoms with Gasteiger partial charge in [-0.05, 0) is 48.0 Å². The van der Waals surface area contributed by atoms with E-state index < -0.39 is 0 Å². The number of fused-ring (bicyclic) bond motifs is 1. The smallest absolute Gasteiger partial charge is 0.149 e. The molecule has 1 aromatic heterocycles. The molecule has 1 heterocycles. The fourth-order valence-electron chi connectivity index (χ4n) is 2.93. The summed E-state index contributed by atoms with van der Waals surface area (Å²) in [5.41, 5.74) is 3.06. The number of imidazole rings is 1. The van der Waals surface area contributed by atoms with Gasteiger partial charge in [-0.3, -0.25) is 0 Å². The summed E-state index contributed by atoms with van der Waals surface area (Å²) in [6.45, 7) is 0.878.